The van der Waals surface area contributed by atoms with Crippen LogP contribution in [0, 0.1) is 0 Å². The second kappa shape index (κ2) is 6.85. The summed E-state index contributed by atoms with van der Waals surface area (Å²) in [6.45, 7) is 2.67. The number of ketones is 1. The summed E-state index contributed by atoms with van der Waals surface area (Å²) in [6.07, 6.45) is 1.42. The van der Waals surface area contributed by atoms with Crippen LogP contribution in [-0.4, -0.2) is 18.2 Å². The third-order valence-corrected chi connectivity index (χ3v) is 3.22. The molecule has 0 heterocycles. The number of fused-ring (bicyclic) bond motifs is 1. The van der Waals surface area contributed by atoms with Gasteiger partial charge in [-0.2, -0.15) is 0 Å². The highest BCUT2D eigenvalue weighted by Gasteiger charge is 2.09. The molecule has 0 bridgehead atoms. The van der Waals surface area contributed by atoms with Gasteiger partial charge in [-0.25, -0.2) is 0 Å². The van der Waals surface area contributed by atoms with Crippen LogP contribution in [0.4, 0.5) is 0 Å². The molecule has 0 aliphatic heterocycles. The molecule has 1 amide bonds. The van der Waals surface area contributed by atoms with Crippen molar-refractivity contribution < 1.29 is 9.59 Å². The molecule has 0 radical (unpaired) electrons. The van der Waals surface area contributed by atoms with Crippen LogP contribution in [-0.2, 0) is 4.79 Å². The van der Waals surface area contributed by atoms with E-state index in [-0.39, 0.29) is 24.5 Å². The molecule has 0 atom stereocenters. The molecule has 0 saturated heterocycles. The van der Waals surface area contributed by atoms with Gasteiger partial charge in [-0.15, -0.1) is 0 Å². The van der Waals surface area contributed by atoms with Gasteiger partial charge in [0.05, 0.1) is 0 Å². The Morgan fingerprint density at radius 1 is 1.00 bits per heavy atom. The van der Waals surface area contributed by atoms with Crippen molar-refractivity contribution in [2.75, 3.05) is 6.54 Å². The molecule has 3 heteroatoms. The number of hydrogen-bond donors (Lipinski definition) is 1. The number of amides is 1. The molecule has 2 aromatic rings. The minimum atomic E-state index is -0.0546. The molecule has 0 spiro atoms. The standard InChI is InChI=1S/C17H19NO2/c1-2-11-18-17(20)10-9-16(19)15-8-7-13-5-3-4-6-14(13)12-15/h3-8,12H,2,9-11H2,1H3,(H,18,20). The van der Waals surface area contributed by atoms with Crippen LogP contribution >= 0.6 is 0 Å². The average Bonchev–Trinajstić information content (AvgIpc) is 2.50. The van der Waals surface area contributed by atoms with Crippen LogP contribution in [0.5, 0.6) is 0 Å². The predicted octanol–water partition coefficient (Wildman–Crippen LogP) is 3.33. The first-order chi connectivity index (χ1) is 9.70. The van der Waals surface area contributed by atoms with Crippen molar-refractivity contribution in [2.45, 2.75) is 26.2 Å². The summed E-state index contributed by atoms with van der Waals surface area (Å²) in [7, 11) is 0. The molecule has 0 aliphatic carbocycles. The Bertz CT molecular complexity index is 619. The topological polar surface area (TPSA) is 46.2 Å². The first-order valence-corrected chi connectivity index (χ1v) is 6.99. The number of benzene rings is 2. The fourth-order valence-corrected chi connectivity index (χ4v) is 2.09. The van der Waals surface area contributed by atoms with Crippen molar-refractivity contribution in [1.29, 1.82) is 0 Å². The zero-order valence-electron chi connectivity index (χ0n) is 11.7. The number of hydrogen-bond acceptors (Lipinski definition) is 2. The molecule has 2 rings (SSSR count). The van der Waals surface area contributed by atoms with Crippen molar-refractivity contribution in [3.8, 4) is 0 Å². The largest absolute Gasteiger partial charge is 0.356 e. The Kier molecular flexibility index (Phi) is 4.88. The maximum absolute atomic E-state index is 12.1. The number of nitrogens with one attached hydrogen (secondary N) is 1. The molecule has 0 aliphatic rings. The molecular weight excluding hydrogens is 250 g/mol. The Balaban J connectivity index is 1.99. The van der Waals surface area contributed by atoms with E-state index >= 15 is 0 Å². The smallest absolute Gasteiger partial charge is 0.220 e. The molecule has 0 aromatic heterocycles. The quantitative estimate of drug-likeness (QED) is 0.818. The van der Waals surface area contributed by atoms with E-state index < -0.39 is 0 Å². The zero-order chi connectivity index (χ0) is 14.4. The third-order valence-electron chi connectivity index (χ3n) is 3.22. The molecule has 0 unspecified atom stereocenters. The normalized spacial score (nSPS) is 10.4. The van der Waals surface area contributed by atoms with Crippen molar-refractivity contribution in [3.63, 3.8) is 0 Å². The summed E-state index contributed by atoms with van der Waals surface area (Å²) < 4.78 is 0. The average molecular weight is 269 g/mol. The Labute approximate surface area is 119 Å². The SMILES string of the molecule is CCCNC(=O)CCC(=O)c1ccc2ccccc2c1. The Morgan fingerprint density at radius 2 is 1.75 bits per heavy atom. The van der Waals surface area contributed by atoms with Gasteiger partial charge >= 0.3 is 0 Å². The first kappa shape index (κ1) is 14.3. The van der Waals surface area contributed by atoms with Gasteiger partial charge in [-0.3, -0.25) is 9.59 Å². The highest BCUT2D eigenvalue weighted by atomic mass is 16.2. The van der Waals surface area contributed by atoms with Crippen LogP contribution in [0.25, 0.3) is 10.8 Å². The third kappa shape index (κ3) is 3.67. The molecule has 104 valence electrons. The summed E-state index contributed by atoms with van der Waals surface area (Å²) in [4.78, 5) is 23.6. The van der Waals surface area contributed by atoms with Crippen molar-refractivity contribution in [2.24, 2.45) is 0 Å². The number of Topliss-reactive ketones (excluding diaryl/α,β-unsaturated/α-hetero) is 1. The van der Waals surface area contributed by atoms with E-state index in [2.05, 4.69) is 5.32 Å². The number of carbonyl (C=O) groups excluding carboxylic acids is 2. The summed E-state index contributed by atoms with van der Waals surface area (Å²) in [6, 6.07) is 13.6. The lowest BCUT2D eigenvalue weighted by Crippen LogP contribution is -2.24. The predicted molar refractivity (Wildman–Crippen MR) is 80.8 cm³/mol. The second-order valence-electron chi connectivity index (χ2n) is 4.84. The molecule has 1 N–H and O–H groups in total. The van der Waals surface area contributed by atoms with Gasteiger partial charge in [0.25, 0.3) is 0 Å². The number of rotatable bonds is 6. The van der Waals surface area contributed by atoms with Gasteiger partial charge in [-0.1, -0.05) is 43.3 Å². The molecule has 3 nitrogen and oxygen atoms in total. The van der Waals surface area contributed by atoms with E-state index in [4.69, 9.17) is 0 Å². The maximum Gasteiger partial charge on any atom is 0.220 e. The summed E-state index contributed by atoms with van der Waals surface area (Å²) in [5.74, 6) is -0.0385. The van der Waals surface area contributed by atoms with Gasteiger partial charge in [0.1, 0.15) is 0 Å². The highest BCUT2D eigenvalue weighted by molar-refractivity contribution is 6.01. The van der Waals surface area contributed by atoms with Gasteiger partial charge in [0.2, 0.25) is 5.91 Å². The van der Waals surface area contributed by atoms with Crippen LogP contribution in [0.15, 0.2) is 42.5 Å². The minimum Gasteiger partial charge on any atom is -0.356 e. The lowest BCUT2D eigenvalue weighted by Gasteiger charge is -2.04. The van der Waals surface area contributed by atoms with Crippen molar-refractivity contribution in [1.82, 2.24) is 5.32 Å². The maximum atomic E-state index is 12.1. The van der Waals surface area contributed by atoms with E-state index in [0.717, 1.165) is 17.2 Å². The van der Waals surface area contributed by atoms with Crippen LogP contribution < -0.4 is 5.32 Å². The minimum absolute atomic E-state index is 0.0161. The lowest BCUT2D eigenvalue weighted by molar-refractivity contribution is -0.121. The first-order valence-electron chi connectivity index (χ1n) is 6.99. The van der Waals surface area contributed by atoms with E-state index in [0.29, 0.717) is 12.1 Å². The molecule has 0 saturated carbocycles. The summed E-state index contributed by atoms with van der Waals surface area (Å²) in [5, 5.41) is 4.94. The monoisotopic (exact) mass is 269 g/mol. The van der Waals surface area contributed by atoms with Gasteiger partial charge < -0.3 is 5.32 Å². The fourth-order valence-electron chi connectivity index (χ4n) is 2.09. The summed E-state index contributed by atoms with van der Waals surface area (Å²) in [5.41, 5.74) is 0.673. The molecule has 20 heavy (non-hydrogen) atoms. The molecule has 0 fully saturated rings. The van der Waals surface area contributed by atoms with E-state index in [1.807, 2.05) is 49.4 Å². The van der Waals surface area contributed by atoms with Gasteiger partial charge in [0.15, 0.2) is 5.78 Å². The molecule has 2 aromatic carbocycles. The van der Waals surface area contributed by atoms with Crippen molar-refractivity contribution >= 4 is 22.5 Å². The Hall–Kier alpha value is -2.16. The van der Waals surface area contributed by atoms with Gasteiger partial charge in [-0.05, 0) is 23.3 Å². The van der Waals surface area contributed by atoms with E-state index in [1.54, 1.807) is 0 Å². The highest BCUT2D eigenvalue weighted by Crippen LogP contribution is 2.17. The van der Waals surface area contributed by atoms with Crippen LogP contribution in [0.1, 0.15) is 36.5 Å². The summed E-state index contributed by atoms with van der Waals surface area (Å²) >= 11 is 0. The van der Waals surface area contributed by atoms with Crippen LogP contribution in [0.2, 0.25) is 0 Å². The Morgan fingerprint density at radius 3 is 2.50 bits per heavy atom. The molecular formula is C17H19NO2. The van der Waals surface area contributed by atoms with Gasteiger partial charge in [0, 0.05) is 24.9 Å². The second-order valence-corrected chi connectivity index (χ2v) is 4.84. The van der Waals surface area contributed by atoms with Crippen molar-refractivity contribution in [3.05, 3.63) is 48.0 Å². The lowest BCUT2D eigenvalue weighted by atomic mass is 10.0. The van der Waals surface area contributed by atoms with E-state index in [9.17, 15) is 9.59 Å². The van der Waals surface area contributed by atoms with Crippen LogP contribution in [0.3, 0.4) is 0 Å². The zero-order valence-corrected chi connectivity index (χ0v) is 11.7. The fraction of sp³-hybridized carbons (Fsp3) is 0.294. The number of carbonyl (C=O) groups is 2. The van der Waals surface area contributed by atoms with E-state index in [1.165, 1.54) is 0 Å².